The van der Waals surface area contributed by atoms with Crippen LogP contribution in [0.1, 0.15) is 11.1 Å². The van der Waals surface area contributed by atoms with Crippen LogP contribution in [0.5, 0.6) is 0 Å². The van der Waals surface area contributed by atoms with E-state index < -0.39 is 0 Å². The van der Waals surface area contributed by atoms with Crippen molar-refractivity contribution in [1.29, 1.82) is 0 Å². The second-order valence-electron chi connectivity index (χ2n) is 4.90. The Morgan fingerprint density at radius 1 is 0.864 bits per heavy atom. The molecule has 0 saturated carbocycles. The molecule has 0 atom stereocenters. The largest absolute Gasteiger partial charge is 0.338 e. The van der Waals surface area contributed by atoms with E-state index in [4.69, 9.17) is 0 Å². The second kappa shape index (κ2) is 8.12. The third-order valence-electron chi connectivity index (χ3n) is 3.25. The third kappa shape index (κ3) is 5.16. The molecule has 2 aromatic carbocycles. The summed E-state index contributed by atoms with van der Waals surface area (Å²) in [4.78, 5) is 11.6. The fourth-order valence-corrected chi connectivity index (χ4v) is 2.05. The van der Waals surface area contributed by atoms with Crippen molar-refractivity contribution in [3.63, 3.8) is 0 Å². The zero-order chi connectivity index (χ0) is 15.8. The second-order valence-corrected chi connectivity index (χ2v) is 4.90. The van der Waals surface area contributed by atoms with Crippen LogP contribution in [-0.4, -0.2) is 19.1 Å². The first-order chi connectivity index (χ1) is 10.6. The van der Waals surface area contributed by atoms with Gasteiger partial charge in [0.25, 0.3) is 0 Å². The van der Waals surface area contributed by atoms with Crippen LogP contribution in [0.2, 0.25) is 0 Å². The fraction of sp³-hybridized carbons (Fsp3) is 0.235. The van der Waals surface area contributed by atoms with E-state index >= 15 is 0 Å². The van der Waals surface area contributed by atoms with Crippen LogP contribution in [0.15, 0.2) is 48.5 Å². The molecule has 2 aromatic rings. The molecule has 22 heavy (non-hydrogen) atoms. The summed E-state index contributed by atoms with van der Waals surface area (Å²) in [6.45, 7) is 0.820. The van der Waals surface area contributed by atoms with Gasteiger partial charge in [-0.25, -0.2) is 13.6 Å². The van der Waals surface area contributed by atoms with Crippen molar-refractivity contribution in [3.05, 3.63) is 71.3 Å². The molecule has 2 N–H and O–H groups in total. The molecule has 0 unspecified atom stereocenters. The Morgan fingerprint density at radius 3 is 2.18 bits per heavy atom. The quantitative estimate of drug-likeness (QED) is 0.846. The van der Waals surface area contributed by atoms with Gasteiger partial charge in [-0.3, -0.25) is 0 Å². The van der Waals surface area contributed by atoms with Crippen molar-refractivity contribution < 1.29 is 13.6 Å². The predicted octanol–water partition coefficient (Wildman–Crippen LogP) is 3.05. The van der Waals surface area contributed by atoms with Crippen LogP contribution < -0.4 is 10.6 Å². The predicted molar refractivity (Wildman–Crippen MR) is 81.6 cm³/mol. The molecular weight excluding hydrogens is 286 g/mol. The number of rotatable bonds is 6. The van der Waals surface area contributed by atoms with Crippen LogP contribution in [0.3, 0.4) is 0 Å². The van der Waals surface area contributed by atoms with Crippen molar-refractivity contribution in [1.82, 2.24) is 10.6 Å². The lowest BCUT2D eigenvalue weighted by Crippen LogP contribution is -2.37. The van der Waals surface area contributed by atoms with Crippen molar-refractivity contribution in [3.8, 4) is 0 Å². The summed E-state index contributed by atoms with van der Waals surface area (Å²) in [6, 6.07) is 12.4. The molecule has 0 fully saturated rings. The Hall–Kier alpha value is -2.43. The van der Waals surface area contributed by atoms with E-state index in [-0.39, 0.29) is 17.7 Å². The number of halogens is 2. The maximum atomic E-state index is 13.4. The number of hydrogen-bond donors (Lipinski definition) is 2. The molecule has 0 aliphatic carbocycles. The highest BCUT2D eigenvalue weighted by Gasteiger charge is 2.03. The van der Waals surface area contributed by atoms with Crippen LogP contribution in [0, 0.1) is 11.6 Å². The summed E-state index contributed by atoms with van der Waals surface area (Å²) in [6.07, 6.45) is 1.07. The average Bonchev–Trinajstić information content (AvgIpc) is 2.51. The number of benzene rings is 2. The highest BCUT2D eigenvalue weighted by molar-refractivity contribution is 5.73. The van der Waals surface area contributed by atoms with Crippen molar-refractivity contribution >= 4 is 6.03 Å². The van der Waals surface area contributed by atoms with Gasteiger partial charge in [0.15, 0.2) is 0 Å². The molecule has 2 rings (SSSR count). The van der Waals surface area contributed by atoms with E-state index in [2.05, 4.69) is 10.6 Å². The molecule has 0 aromatic heterocycles. The molecule has 0 radical (unpaired) electrons. The van der Waals surface area contributed by atoms with Gasteiger partial charge in [0.2, 0.25) is 0 Å². The van der Waals surface area contributed by atoms with Gasteiger partial charge in [-0.1, -0.05) is 30.3 Å². The zero-order valence-electron chi connectivity index (χ0n) is 12.1. The lowest BCUT2D eigenvalue weighted by molar-refractivity contribution is 0.241. The summed E-state index contributed by atoms with van der Waals surface area (Å²) < 4.78 is 26.1. The number of urea groups is 1. The molecule has 5 heteroatoms. The SMILES string of the molecule is O=C(NCCc1ccc(F)cc1)NCCc1ccccc1F. The van der Waals surface area contributed by atoms with Gasteiger partial charge in [-0.15, -0.1) is 0 Å². The van der Waals surface area contributed by atoms with Crippen molar-refractivity contribution in [2.75, 3.05) is 13.1 Å². The summed E-state index contributed by atoms with van der Waals surface area (Å²) in [5.41, 5.74) is 1.53. The minimum absolute atomic E-state index is 0.263. The Balaban J connectivity index is 1.64. The highest BCUT2D eigenvalue weighted by Crippen LogP contribution is 2.06. The van der Waals surface area contributed by atoms with Gasteiger partial charge in [0.1, 0.15) is 11.6 Å². The first-order valence-electron chi connectivity index (χ1n) is 7.15. The molecular formula is C17H18F2N2O. The van der Waals surface area contributed by atoms with E-state index in [9.17, 15) is 13.6 Å². The molecule has 0 bridgehead atoms. The topological polar surface area (TPSA) is 41.1 Å². The van der Waals surface area contributed by atoms with E-state index in [1.165, 1.54) is 18.2 Å². The molecule has 116 valence electrons. The van der Waals surface area contributed by atoms with Crippen LogP contribution in [0.25, 0.3) is 0 Å². The van der Waals surface area contributed by atoms with Crippen LogP contribution in [0.4, 0.5) is 13.6 Å². The van der Waals surface area contributed by atoms with Gasteiger partial charge in [-0.05, 0) is 42.2 Å². The Labute approximate surface area is 128 Å². The van der Waals surface area contributed by atoms with Gasteiger partial charge in [0, 0.05) is 13.1 Å². The maximum Gasteiger partial charge on any atom is 0.314 e. The standard InChI is InChI=1S/C17H18F2N2O/c18-15-7-5-13(6-8-15)9-11-20-17(22)21-12-10-14-3-1-2-4-16(14)19/h1-8H,9-12H2,(H2,20,21,22). The summed E-state index contributed by atoms with van der Waals surface area (Å²) in [5.74, 6) is -0.538. The summed E-state index contributed by atoms with van der Waals surface area (Å²) in [5, 5.41) is 5.39. The third-order valence-corrected chi connectivity index (χ3v) is 3.25. The molecule has 0 heterocycles. The Bertz CT molecular complexity index is 614. The van der Waals surface area contributed by atoms with E-state index in [0.29, 0.717) is 31.5 Å². The molecule has 0 spiro atoms. The van der Waals surface area contributed by atoms with Gasteiger partial charge >= 0.3 is 6.03 Å². The number of carbonyl (C=O) groups excluding carboxylic acids is 1. The van der Waals surface area contributed by atoms with Crippen molar-refractivity contribution in [2.24, 2.45) is 0 Å². The Kier molecular flexibility index (Phi) is 5.89. The van der Waals surface area contributed by atoms with Gasteiger partial charge in [0.05, 0.1) is 0 Å². The lowest BCUT2D eigenvalue weighted by atomic mass is 10.1. The van der Waals surface area contributed by atoms with Gasteiger partial charge < -0.3 is 10.6 Å². The average molecular weight is 304 g/mol. The fourth-order valence-electron chi connectivity index (χ4n) is 2.05. The smallest absolute Gasteiger partial charge is 0.314 e. The molecule has 0 aliphatic heterocycles. The summed E-state index contributed by atoms with van der Waals surface area (Å²) in [7, 11) is 0. The van der Waals surface area contributed by atoms with Crippen LogP contribution in [-0.2, 0) is 12.8 Å². The van der Waals surface area contributed by atoms with E-state index in [0.717, 1.165) is 5.56 Å². The first kappa shape index (κ1) is 15.9. The monoisotopic (exact) mass is 304 g/mol. The van der Waals surface area contributed by atoms with Crippen LogP contribution >= 0.6 is 0 Å². The molecule has 3 nitrogen and oxygen atoms in total. The number of nitrogens with one attached hydrogen (secondary N) is 2. The minimum atomic E-state index is -0.293. The van der Waals surface area contributed by atoms with Gasteiger partial charge in [-0.2, -0.15) is 0 Å². The number of amides is 2. The van der Waals surface area contributed by atoms with E-state index in [1.54, 1.807) is 30.3 Å². The number of carbonyl (C=O) groups is 1. The minimum Gasteiger partial charge on any atom is -0.338 e. The lowest BCUT2D eigenvalue weighted by Gasteiger charge is -2.08. The van der Waals surface area contributed by atoms with E-state index in [1.807, 2.05) is 0 Å². The zero-order valence-corrected chi connectivity index (χ0v) is 12.1. The maximum absolute atomic E-state index is 13.4. The normalized spacial score (nSPS) is 10.3. The molecule has 0 saturated heterocycles. The molecule has 0 aliphatic rings. The Morgan fingerprint density at radius 2 is 1.50 bits per heavy atom. The first-order valence-corrected chi connectivity index (χ1v) is 7.15. The molecule has 2 amide bonds. The highest BCUT2D eigenvalue weighted by atomic mass is 19.1. The van der Waals surface area contributed by atoms with Crippen molar-refractivity contribution in [2.45, 2.75) is 12.8 Å². The summed E-state index contributed by atoms with van der Waals surface area (Å²) >= 11 is 0. The number of hydrogen-bond acceptors (Lipinski definition) is 1.